The topological polar surface area (TPSA) is 36.3 Å². The predicted molar refractivity (Wildman–Crippen MR) is 84.2 cm³/mol. The molecule has 1 saturated carbocycles. The molecule has 0 N–H and O–H groups in total. The lowest BCUT2D eigenvalue weighted by Gasteiger charge is -2.29. The molecule has 3 heteroatoms. The third-order valence-corrected chi connectivity index (χ3v) is 4.89. The first-order valence-electron chi connectivity index (χ1n) is 8.16. The van der Waals surface area contributed by atoms with Crippen molar-refractivity contribution in [3.05, 3.63) is 30.3 Å². The Morgan fingerprint density at radius 3 is 2.67 bits per heavy atom. The molecule has 1 aliphatic heterocycles. The summed E-state index contributed by atoms with van der Waals surface area (Å²) in [5, 5.41) is 8.88. The van der Waals surface area contributed by atoms with Crippen molar-refractivity contribution in [3.63, 3.8) is 0 Å². The second-order valence-corrected chi connectivity index (χ2v) is 6.36. The molecule has 21 heavy (non-hydrogen) atoms. The van der Waals surface area contributed by atoms with Gasteiger partial charge in [-0.05, 0) is 37.8 Å². The van der Waals surface area contributed by atoms with E-state index in [1.54, 1.807) is 0 Å². The molecular formula is C18H24N2O. The Morgan fingerprint density at radius 2 is 1.95 bits per heavy atom. The van der Waals surface area contributed by atoms with Crippen molar-refractivity contribution in [1.29, 1.82) is 5.26 Å². The van der Waals surface area contributed by atoms with Crippen LogP contribution in [0.5, 0.6) is 0 Å². The van der Waals surface area contributed by atoms with Gasteiger partial charge in [0.2, 0.25) is 0 Å². The van der Waals surface area contributed by atoms with E-state index in [4.69, 9.17) is 10.00 Å². The van der Waals surface area contributed by atoms with Gasteiger partial charge in [0.05, 0.1) is 24.2 Å². The van der Waals surface area contributed by atoms with Gasteiger partial charge in [0.25, 0.3) is 0 Å². The van der Waals surface area contributed by atoms with E-state index in [1.165, 1.54) is 37.8 Å². The van der Waals surface area contributed by atoms with E-state index < -0.39 is 0 Å². The average molecular weight is 284 g/mol. The standard InChI is InChI=1S/C18H24N2O/c19-13-6-14-20(16-7-2-1-3-8-16)15-17-9-12-18(21-17)10-4-5-11-18/h1-3,7-8,17H,4-6,9-12,14-15H2. The highest BCUT2D eigenvalue weighted by Crippen LogP contribution is 2.43. The van der Waals surface area contributed by atoms with Crippen molar-refractivity contribution in [2.24, 2.45) is 0 Å². The molecule has 112 valence electrons. The van der Waals surface area contributed by atoms with Crippen molar-refractivity contribution in [2.45, 2.75) is 56.7 Å². The van der Waals surface area contributed by atoms with Gasteiger partial charge in [-0.15, -0.1) is 0 Å². The highest BCUT2D eigenvalue weighted by atomic mass is 16.5. The van der Waals surface area contributed by atoms with Gasteiger partial charge in [-0.2, -0.15) is 5.26 Å². The molecular weight excluding hydrogens is 260 g/mol. The number of nitrogens with zero attached hydrogens (tertiary/aromatic N) is 2. The van der Waals surface area contributed by atoms with Gasteiger partial charge in [-0.3, -0.25) is 0 Å². The zero-order valence-corrected chi connectivity index (χ0v) is 12.6. The maximum absolute atomic E-state index is 8.88. The molecule has 2 aliphatic rings. The van der Waals surface area contributed by atoms with Gasteiger partial charge in [0, 0.05) is 18.8 Å². The van der Waals surface area contributed by atoms with Crippen molar-refractivity contribution in [1.82, 2.24) is 0 Å². The second-order valence-electron chi connectivity index (χ2n) is 6.36. The number of rotatable bonds is 5. The Kier molecular flexibility index (Phi) is 4.45. The summed E-state index contributed by atoms with van der Waals surface area (Å²) < 4.78 is 6.42. The number of nitriles is 1. The third-order valence-electron chi connectivity index (χ3n) is 4.89. The fraction of sp³-hybridized carbons (Fsp3) is 0.611. The maximum Gasteiger partial charge on any atom is 0.0758 e. The molecule has 0 radical (unpaired) electrons. The predicted octanol–water partition coefficient (Wildman–Crippen LogP) is 3.90. The minimum Gasteiger partial charge on any atom is -0.370 e. The van der Waals surface area contributed by atoms with E-state index in [0.717, 1.165) is 19.5 Å². The summed E-state index contributed by atoms with van der Waals surface area (Å²) in [7, 11) is 0. The largest absolute Gasteiger partial charge is 0.370 e. The zero-order chi connectivity index (χ0) is 14.5. The van der Waals surface area contributed by atoms with Gasteiger partial charge >= 0.3 is 0 Å². The summed E-state index contributed by atoms with van der Waals surface area (Å²) in [5.41, 5.74) is 1.39. The highest BCUT2D eigenvalue weighted by molar-refractivity contribution is 5.46. The summed E-state index contributed by atoms with van der Waals surface area (Å²) in [4.78, 5) is 2.31. The lowest BCUT2D eigenvalue weighted by atomic mass is 9.98. The Balaban J connectivity index is 1.63. The van der Waals surface area contributed by atoms with E-state index in [2.05, 4.69) is 35.2 Å². The summed E-state index contributed by atoms with van der Waals surface area (Å²) in [6, 6.07) is 12.7. The Labute approximate surface area is 127 Å². The van der Waals surface area contributed by atoms with E-state index in [1.807, 2.05) is 6.07 Å². The summed E-state index contributed by atoms with van der Waals surface area (Å²) >= 11 is 0. The molecule has 1 aromatic carbocycles. The van der Waals surface area contributed by atoms with Crippen LogP contribution in [0.25, 0.3) is 0 Å². The van der Waals surface area contributed by atoms with E-state index in [9.17, 15) is 0 Å². The van der Waals surface area contributed by atoms with Crippen LogP contribution in [0.15, 0.2) is 30.3 Å². The molecule has 1 aromatic rings. The van der Waals surface area contributed by atoms with Gasteiger partial charge < -0.3 is 9.64 Å². The number of para-hydroxylation sites is 1. The quantitative estimate of drug-likeness (QED) is 0.822. The molecule has 0 aromatic heterocycles. The molecule has 0 amide bonds. The fourth-order valence-electron chi connectivity index (χ4n) is 3.81. The van der Waals surface area contributed by atoms with Crippen molar-refractivity contribution in [2.75, 3.05) is 18.0 Å². The molecule has 3 rings (SSSR count). The highest BCUT2D eigenvalue weighted by Gasteiger charge is 2.42. The number of ether oxygens (including phenoxy) is 1. The van der Waals surface area contributed by atoms with E-state index in [-0.39, 0.29) is 5.60 Å². The first-order chi connectivity index (χ1) is 10.3. The van der Waals surface area contributed by atoms with Crippen LogP contribution in [0.1, 0.15) is 44.9 Å². The van der Waals surface area contributed by atoms with Crippen LogP contribution < -0.4 is 4.90 Å². The Morgan fingerprint density at radius 1 is 1.19 bits per heavy atom. The Hall–Kier alpha value is -1.53. The molecule has 0 bridgehead atoms. The number of anilines is 1. The van der Waals surface area contributed by atoms with Crippen LogP contribution in [0.3, 0.4) is 0 Å². The first-order valence-corrected chi connectivity index (χ1v) is 8.16. The van der Waals surface area contributed by atoms with Crippen LogP contribution in [-0.4, -0.2) is 24.8 Å². The molecule has 1 unspecified atom stereocenters. The average Bonchev–Trinajstić information content (AvgIpc) is 3.15. The van der Waals surface area contributed by atoms with E-state index >= 15 is 0 Å². The smallest absolute Gasteiger partial charge is 0.0758 e. The SMILES string of the molecule is N#CCCN(CC1CCC2(CCCC2)O1)c1ccccc1. The van der Waals surface area contributed by atoms with Crippen LogP contribution in [-0.2, 0) is 4.74 Å². The van der Waals surface area contributed by atoms with Crippen molar-refractivity contribution < 1.29 is 4.74 Å². The third kappa shape index (κ3) is 3.39. The normalized spacial score (nSPS) is 23.3. The van der Waals surface area contributed by atoms with E-state index in [0.29, 0.717) is 12.5 Å². The van der Waals surface area contributed by atoms with Gasteiger partial charge in [-0.1, -0.05) is 31.0 Å². The van der Waals surface area contributed by atoms with Crippen LogP contribution in [0, 0.1) is 11.3 Å². The monoisotopic (exact) mass is 284 g/mol. The lowest BCUT2D eigenvalue weighted by molar-refractivity contribution is -0.0327. The first kappa shape index (κ1) is 14.4. The molecule has 1 heterocycles. The van der Waals surface area contributed by atoms with Crippen molar-refractivity contribution >= 4 is 5.69 Å². The van der Waals surface area contributed by atoms with Crippen LogP contribution >= 0.6 is 0 Å². The molecule has 1 atom stereocenters. The summed E-state index contributed by atoms with van der Waals surface area (Å²) in [6.45, 7) is 1.70. The summed E-state index contributed by atoms with van der Waals surface area (Å²) in [6.07, 6.45) is 8.40. The minimum atomic E-state index is 0.197. The second kappa shape index (κ2) is 6.49. The van der Waals surface area contributed by atoms with Crippen molar-refractivity contribution in [3.8, 4) is 6.07 Å². The number of hydrogen-bond donors (Lipinski definition) is 0. The van der Waals surface area contributed by atoms with Gasteiger partial charge in [0.15, 0.2) is 0 Å². The molecule has 1 aliphatic carbocycles. The molecule has 2 fully saturated rings. The summed E-state index contributed by atoms with van der Waals surface area (Å²) in [5.74, 6) is 0. The molecule has 3 nitrogen and oxygen atoms in total. The Bertz CT molecular complexity index is 488. The van der Waals surface area contributed by atoms with Crippen LogP contribution in [0.2, 0.25) is 0 Å². The minimum absolute atomic E-state index is 0.197. The zero-order valence-electron chi connectivity index (χ0n) is 12.6. The number of hydrogen-bond acceptors (Lipinski definition) is 3. The van der Waals surface area contributed by atoms with Gasteiger partial charge in [-0.25, -0.2) is 0 Å². The lowest BCUT2D eigenvalue weighted by Crippen LogP contribution is -2.35. The van der Waals surface area contributed by atoms with Crippen LogP contribution in [0.4, 0.5) is 5.69 Å². The number of benzene rings is 1. The molecule has 1 saturated heterocycles. The molecule has 1 spiro atoms. The fourth-order valence-corrected chi connectivity index (χ4v) is 3.81. The maximum atomic E-state index is 8.88. The van der Waals surface area contributed by atoms with Gasteiger partial charge in [0.1, 0.15) is 0 Å².